The van der Waals surface area contributed by atoms with Crippen molar-refractivity contribution in [3.63, 3.8) is 0 Å². The fraction of sp³-hybridized carbons (Fsp3) is 0.438. The predicted octanol–water partition coefficient (Wildman–Crippen LogP) is 2.16. The Kier molecular flexibility index (Phi) is 6.55. The first-order chi connectivity index (χ1) is 10.8. The van der Waals surface area contributed by atoms with Crippen LogP contribution in [0.4, 0.5) is 0 Å². The molecule has 1 aliphatic rings. The van der Waals surface area contributed by atoms with E-state index in [0.717, 1.165) is 31.5 Å². The molecule has 3 rings (SSSR count). The molecule has 1 aromatic heterocycles. The molecular formula is C16H21ClN4O2. The van der Waals surface area contributed by atoms with Gasteiger partial charge in [-0.3, -0.25) is 4.79 Å². The fourth-order valence-electron chi connectivity index (χ4n) is 2.59. The number of halogens is 1. The maximum Gasteiger partial charge on any atom is 0.246 e. The minimum Gasteiger partial charge on any atom is -0.347 e. The van der Waals surface area contributed by atoms with Crippen molar-refractivity contribution in [1.82, 2.24) is 20.8 Å². The molecule has 1 saturated heterocycles. The number of carbonyl (C=O) groups excluding carboxylic acids is 1. The molecule has 0 saturated carbocycles. The van der Waals surface area contributed by atoms with Crippen molar-refractivity contribution in [3.8, 4) is 11.4 Å². The third-order valence-corrected chi connectivity index (χ3v) is 3.88. The third kappa shape index (κ3) is 5.04. The van der Waals surface area contributed by atoms with E-state index in [-0.39, 0.29) is 24.9 Å². The Morgan fingerprint density at radius 1 is 1.35 bits per heavy atom. The van der Waals surface area contributed by atoms with E-state index in [1.807, 2.05) is 30.3 Å². The first-order valence-electron chi connectivity index (χ1n) is 7.66. The molecule has 0 radical (unpaired) electrons. The van der Waals surface area contributed by atoms with Crippen molar-refractivity contribution in [2.45, 2.75) is 25.8 Å². The average Bonchev–Trinajstić information content (AvgIpc) is 3.23. The van der Waals surface area contributed by atoms with Crippen LogP contribution in [-0.2, 0) is 11.3 Å². The van der Waals surface area contributed by atoms with Crippen molar-refractivity contribution < 1.29 is 9.32 Å². The van der Waals surface area contributed by atoms with Gasteiger partial charge in [0, 0.05) is 12.0 Å². The lowest BCUT2D eigenvalue weighted by molar-refractivity contribution is -0.121. The maximum atomic E-state index is 11.8. The van der Waals surface area contributed by atoms with Gasteiger partial charge in [-0.05, 0) is 31.8 Å². The van der Waals surface area contributed by atoms with Crippen LogP contribution >= 0.6 is 12.4 Å². The van der Waals surface area contributed by atoms with Crippen molar-refractivity contribution in [2.75, 3.05) is 13.1 Å². The number of hydrogen-bond donors (Lipinski definition) is 2. The van der Waals surface area contributed by atoms with Crippen LogP contribution in [0.3, 0.4) is 0 Å². The van der Waals surface area contributed by atoms with E-state index < -0.39 is 0 Å². The molecule has 2 aromatic rings. The van der Waals surface area contributed by atoms with E-state index in [1.54, 1.807) is 0 Å². The summed E-state index contributed by atoms with van der Waals surface area (Å²) in [5, 5.41) is 10.1. The second kappa shape index (κ2) is 8.64. The Morgan fingerprint density at radius 3 is 2.91 bits per heavy atom. The van der Waals surface area contributed by atoms with E-state index in [2.05, 4.69) is 20.8 Å². The second-order valence-corrected chi connectivity index (χ2v) is 5.55. The van der Waals surface area contributed by atoms with Crippen LogP contribution in [0, 0.1) is 5.92 Å². The first kappa shape index (κ1) is 17.4. The molecule has 6 nitrogen and oxygen atoms in total. The topological polar surface area (TPSA) is 80.0 Å². The molecule has 1 aromatic carbocycles. The summed E-state index contributed by atoms with van der Waals surface area (Å²) in [5.41, 5.74) is 0.901. The van der Waals surface area contributed by atoms with Gasteiger partial charge in [0.15, 0.2) is 0 Å². The van der Waals surface area contributed by atoms with Crippen LogP contribution < -0.4 is 10.6 Å². The SMILES string of the molecule is Cl.O=C(CCC1CCNC1)NCc1nc(-c2ccccc2)no1. The summed E-state index contributed by atoms with van der Waals surface area (Å²) in [6.45, 7) is 2.37. The number of carbonyl (C=O) groups is 1. The van der Waals surface area contributed by atoms with Crippen LogP contribution in [0.5, 0.6) is 0 Å². The Labute approximate surface area is 141 Å². The van der Waals surface area contributed by atoms with Crippen molar-refractivity contribution >= 4 is 18.3 Å². The van der Waals surface area contributed by atoms with E-state index in [0.29, 0.717) is 24.1 Å². The van der Waals surface area contributed by atoms with Crippen LogP contribution in [-0.4, -0.2) is 29.1 Å². The molecular weight excluding hydrogens is 316 g/mol. The molecule has 1 aliphatic heterocycles. The second-order valence-electron chi connectivity index (χ2n) is 5.55. The molecule has 0 spiro atoms. The van der Waals surface area contributed by atoms with Crippen LogP contribution in [0.2, 0.25) is 0 Å². The Morgan fingerprint density at radius 2 is 2.17 bits per heavy atom. The molecule has 1 atom stereocenters. The van der Waals surface area contributed by atoms with Crippen molar-refractivity contribution in [1.29, 1.82) is 0 Å². The summed E-state index contributed by atoms with van der Waals surface area (Å²) in [6, 6.07) is 9.62. The number of hydrogen-bond acceptors (Lipinski definition) is 5. The van der Waals surface area contributed by atoms with Gasteiger partial charge in [0.25, 0.3) is 0 Å². The molecule has 23 heavy (non-hydrogen) atoms. The van der Waals surface area contributed by atoms with Gasteiger partial charge in [0.05, 0.1) is 6.54 Å². The van der Waals surface area contributed by atoms with E-state index in [9.17, 15) is 4.79 Å². The van der Waals surface area contributed by atoms with Gasteiger partial charge in [0.1, 0.15) is 0 Å². The zero-order valence-electron chi connectivity index (χ0n) is 12.8. The standard InChI is InChI=1S/C16H20N4O2.ClH/c21-14(7-6-12-8-9-17-10-12)18-11-15-19-16(20-22-15)13-4-2-1-3-5-13;/h1-5,12,17H,6-11H2,(H,18,21);1H. The van der Waals surface area contributed by atoms with Gasteiger partial charge in [-0.15, -0.1) is 12.4 Å². The average molecular weight is 337 g/mol. The predicted molar refractivity (Wildman–Crippen MR) is 89.0 cm³/mol. The summed E-state index contributed by atoms with van der Waals surface area (Å²) in [6.07, 6.45) is 2.64. The van der Waals surface area contributed by atoms with Gasteiger partial charge in [-0.2, -0.15) is 4.98 Å². The molecule has 2 heterocycles. The van der Waals surface area contributed by atoms with Gasteiger partial charge in [0.2, 0.25) is 17.6 Å². The lowest BCUT2D eigenvalue weighted by atomic mass is 10.0. The number of nitrogens with zero attached hydrogens (tertiary/aromatic N) is 2. The van der Waals surface area contributed by atoms with Gasteiger partial charge in [-0.1, -0.05) is 35.5 Å². The Hall–Kier alpha value is -1.92. The number of rotatable bonds is 6. The molecule has 1 unspecified atom stereocenters. The van der Waals surface area contributed by atoms with E-state index in [4.69, 9.17) is 4.52 Å². The Bertz CT molecular complexity index is 612. The summed E-state index contributed by atoms with van der Waals surface area (Å²) in [5.74, 6) is 1.63. The highest BCUT2D eigenvalue weighted by atomic mass is 35.5. The third-order valence-electron chi connectivity index (χ3n) is 3.88. The molecule has 124 valence electrons. The highest BCUT2D eigenvalue weighted by molar-refractivity contribution is 5.85. The van der Waals surface area contributed by atoms with Gasteiger partial charge in [-0.25, -0.2) is 0 Å². The summed E-state index contributed by atoms with van der Waals surface area (Å²) >= 11 is 0. The zero-order valence-corrected chi connectivity index (χ0v) is 13.6. The summed E-state index contributed by atoms with van der Waals surface area (Å²) < 4.78 is 5.16. The van der Waals surface area contributed by atoms with Crippen molar-refractivity contribution in [2.24, 2.45) is 5.92 Å². The highest BCUT2D eigenvalue weighted by Crippen LogP contribution is 2.15. The minimum atomic E-state index is 0. The fourth-order valence-corrected chi connectivity index (χ4v) is 2.59. The van der Waals surface area contributed by atoms with Crippen LogP contribution in [0.25, 0.3) is 11.4 Å². The summed E-state index contributed by atoms with van der Waals surface area (Å²) in [4.78, 5) is 16.1. The van der Waals surface area contributed by atoms with E-state index in [1.165, 1.54) is 0 Å². The monoisotopic (exact) mass is 336 g/mol. The van der Waals surface area contributed by atoms with E-state index >= 15 is 0 Å². The van der Waals surface area contributed by atoms with Gasteiger partial charge < -0.3 is 15.2 Å². The van der Waals surface area contributed by atoms with Crippen LogP contribution in [0.15, 0.2) is 34.9 Å². The molecule has 1 fully saturated rings. The normalized spacial score (nSPS) is 16.8. The zero-order chi connectivity index (χ0) is 15.2. The molecule has 7 heteroatoms. The number of nitrogens with one attached hydrogen (secondary N) is 2. The largest absolute Gasteiger partial charge is 0.347 e. The number of aromatic nitrogens is 2. The quantitative estimate of drug-likeness (QED) is 0.845. The molecule has 1 amide bonds. The molecule has 0 aliphatic carbocycles. The minimum absolute atomic E-state index is 0. The number of amides is 1. The number of benzene rings is 1. The van der Waals surface area contributed by atoms with Crippen molar-refractivity contribution in [3.05, 3.63) is 36.2 Å². The highest BCUT2D eigenvalue weighted by Gasteiger charge is 2.16. The van der Waals surface area contributed by atoms with Gasteiger partial charge >= 0.3 is 0 Å². The molecule has 0 bridgehead atoms. The lowest BCUT2D eigenvalue weighted by Gasteiger charge is -2.07. The smallest absolute Gasteiger partial charge is 0.246 e. The lowest BCUT2D eigenvalue weighted by Crippen LogP contribution is -2.23. The first-order valence-corrected chi connectivity index (χ1v) is 7.66. The molecule has 2 N–H and O–H groups in total. The Balaban J connectivity index is 0.00000192. The summed E-state index contributed by atoms with van der Waals surface area (Å²) in [7, 11) is 0. The van der Waals surface area contributed by atoms with Crippen LogP contribution in [0.1, 0.15) is 25.2 Å². The maximum absolute atomic E-state index is 11.8.